The predicted octanol–water partition coefficient (Wildman–Crippen LogP) is 4.11. The van der Waals surface area contributed by atoms with Gasteiger partial charge in [-0.25, -0.2) is 9.79 Å². The number of alkyl halides is 3. The van der Waals surface area contributed by atoms with E-state index >= 15 is 0 Å². The first-order valence-corrected chi connectivity index (χ1v) is 7.33. The van der Waals surface area contributed by atoms with Crippen molar-refractivity contribution in [3.63, 3.8) is 0 Å². The number of thiophene rings is 1. The van der Waals surface area contributed by atoms with Gasteiger partial charge in [-0.1, -0.05) is 24.3 Å². The first-order valence-electron chi connectivity index (χ1n) is 6.45. The lowest BCUT2D eigenvalue weighted by Crippen LogP contribution is -2.19. The molecule has 0 aromatic carbocycles. The number of rotatable bonds is 2. The maximum absolute atomic E-state index is 12.5. The Kier molecular flexibility index (Phi) is 3.74. The van der Waals surface area contributed by atoms with Crippen LogP contribution in [0.3, 0.4) is 0 Å². The molecule has 0 fully saturated rings. The SMILES string of the molecule is O=C1OC(C2C=CC(C(F)(F)F)=CC2)=N/C1=C/c1cccs1. The zero-order chi connectivity index (χ0) is 15.7. The molecule has 2 aliphatic rings. The highest BCUT2D eigenvalue weighted by Gasteiger charge is 2.35. The molecule has 0 radical (unpaired) electrons. The number of allylic oxidation sites excluding steroid dienone is 3. The van der Waals surface area contributed by atoms with Crippen LogP contribution in [-0.4, -0.2) is 18.0 Å². The molecule has 1 aromatic rings. The summed E-state index contributed by atoms with van der Waals surface area (Å²) in [4.78, 5) is 16.7. The van der Waals surface area contributed by atoms with Crippen LogP contribution in [0.2, 0.25) is 0 Å². The topological polar surface area (TPSA) is 38.7 Å². The smallest absolute Gasteiger partial charge is 0.406 e. The van der Waals surface area contributed by atoms with Crippen molar-refractivity contribution in [2.45, 2.75) is 12.6 Å². The molecule has 22 heavy (non-hydrogen) atoms. The number of carbonyl (C=O) groups excluding carboxylic acids is 1. The Hall–Kier alpha value is -2.15. The number of nitrogens with zero attached hydrogens (tertiary/aromatic N) is 1. The van der Waals surface area contributed by atoms with Gasteiger partial charge in [-0.2, -0.15) is 13.2 Å². The van der Waals surface area contributed by atoms with Crippen molar-refractivity contribution >= 4 is 29.3 Å². The minimum Gasteiger partial charge on any atom is -0.406 e. The fraction of sp³-hybridized carbons (Fsp3) is 0.200. The third kappa shape index (κ3) is 3.04. The lowest BCUT2D eigenvalue weighted by Gasteiger charge is -2.16. The van der Waals surface area contributed by atoms with E-state index in [4.69, 9.17) is 4.74 Å². The molecule has 1 unspecified atom stereocenters. The molecular weight excluding hydrogens is 315 g/mol. The second-order valence-electron chi connectivity index (χ2n) is 4.74. The van der Waals surface area contributed by atoms with E-state index in [-0.39, 0.29) is 18.0 Å². The average molecular weight is 325 g/mol. The molecule has 1 aromatic heterocycles. The number of ether oxygens (including phenoxy) is 1. The standard InChI is InChI=1S/C15H10F3NO2S/c16-15(17,18)10-5-3-9(4-6-10)13-19-12(14(20)21-13)8-11-2-1-7-22-11/h1-3,5-9H,4H2/b12-8+. The van der Waals surface area contributed by atoms with E-state index in [1.54, 1.807) is 6.08 Å². The summed E-state index contributed by atoms with van der Waals surface area (Å²) in [5, 5.41) is 1.87. The van der Waals surface area contributed by atoms with E-state index in [9.17, 15) is 18.0 Å². The molecule has 1 aliphatic heterocycles. The summed E-state index contributed by atoms with van der Waals surface area (Å²) in [6.45, 7) is 0. The van der Waals surface area contributed by atoms with Gasteiger partial charge < -0.3 is 4.74 Å². The summed E-state index contributed by atoms with van der Waals surface area (Å²) in [5.41, 5.74) is -0.528. The largest absolute Gasteiger partial charge is 0.416 e. The van der Waals surface area contributed by atoms with Gasteiger partial charge in [0.05, 0.1) is 11.5 Å². The summed E-state index contributed by atoms with van der Waals surface area (Å²) in [5.74, 6) is -0.895. The molecule has 114 valence electrons. The number of cyclic esters (lactones) is 1. The molecule has 1 aliphatic carbocycles. The zero-order valence-electron chi connectivity index (χ0n) is 11.1. The highest BCUT2D eigenvalue weighted by Crippen LogP contribution is 2.32. The van der Waals surface area contributed by atoms with Crippen molar-refractivity contribution in [1.82, 2.24) is 0 Å². The van der Waals surface area contributed by atoms with Crippen LogP contribution < -0.4 is 0 Å². The summed E-state index contributed by atoms with van der Waals surface area (Å²) >= 11 is 1.45. The van der Waals surface area contributed by atoms with Crippen LogP contribution in [0.1, 0.15) is 11.3 Å². The van der Waals surface area contributed by atoms with Gasteiger partial charge in [0.15, 0.2) is 5.70 Å². The van der Waals surface area contributed by atoms with Crippen LogP contribution in [0.15, 0.2) is 52.0 Å². The van der Waals surface area contributed by atoms with Crippen molar-refractivity contribution in [3.8, 4) is 0 Å². The highest BCUT2D eigenvalue weighted by molar-refractivity contribution is 7.10. The Balaban J connectivity index is 1.77. The Morgan fingerprint density at radius 1 is 1.41 bits per heavy atom. The van der Waals surface area contributed by atoms with Crippen molar-refractivity contribution < 1.29 is 22.7 Å². The van der Waals surface area contributed by atoms with Gasteiger partial charge in [-0.15, -0.1) is 11.3 Å². The predicted molar refractivity (Wildman–Crippen MR) is 77.2 cm³/mol. The van der Waals surface area contributed by atoms with Crippen LogP contribution in [0.4, 0.5) is 13.2 Å². The number of hydrogen-bond donors (Lipinski definition) is 0. The van der Waals surface area contributed by atoms with Crippen molar-refractivity contribution in [1.29, 1.82) is 0 Å². The molecular formula is C15H10F3NO2S. The highest BCUT2D eigenvalue weighted by atomic mass is 32.1. The molecule has 0 amide bonds. The minimum absolute atomic E-state index is 0.101. The normalized spacial score (nSPS) is 23.5. The second-order valence-corrected chi connectivity index (χ2v) is 5.72. The van der Waals surface area contributed by atoms with Crippen LogP contribution in [0, 0.1) is 5.92 Å². The van der Waals surface area contributed by atoms with E-state index < -0.39 is 23.6 Å². The molecule has 0 N–H and O–H groups in total. The van der Waals surface area contributed by atoms with E-state index in [2.05, 4.69) is 4.99 Å². The third-order valence-corrected chi connectivity index (χ3v) is 4.02. The fourth-order valence-corrected chi connectivity index (χ4v) is 2.76. The van der Waals surface area contributed by atoms with Crippen LogP contribution in [-0.2, 0) is 9.53 Å². The van der Waals surface area contributed by atoms with Gasteiger partial charge in [0.2, 0.25) is 5.90 Å². The third-order valence-electron chi connectivity index (χ3n) is 3.20. The van der Waals surface area contributed by atoms with Crippen LogP contribution >= 0.6 is 11.3 Å². The van der Waals surface area contributed by atoms with Crippen molar-refractivity contribution in [3.05, 3.63) is 51.9 Å². The average Bonchev–Trinajstić information content (AvgIpc) is 3.09. The van der Waals surface area contributed by atoms with Gasteiger partial charge in [0.25, 0.3) is 0 Å². The molecule has 1 atom stereocenters. The monoisotopic (exact) mass is 325 g/mol. The van der Waals surface area contributed by atoms with Gasteiger partial charge in [0.1, 0.15) is 0 Å². The Morgan fingerprint density at radius 2 is 2.23 bits per heavy atom. The van der Waals surface area contributed by atoms with Gasteiger partial charge in [-0.05, 0) is 23.9 Å². The lowest BCUT2D eigenvalue weighted by molar-refractivity contribution is -0.130. The Morgan fingerprint density at radius 3 is 2.82 bits per heavy atom. The number of hydrogen-bond acceptors (Lipinski definition) is 4. The van der Waals surface area contributed by atoms with Crippen molar-refractivity contribution in [2.75, 3.05) is 0 Å². The number of carbonyl (C=O) groups is 1. The molecule has 0 saturated carbocycles. The van der Waals surface area contributed by atoms with Crippen LogP contribution in [0.25, 0.3) is 6.08 Å². The summed E-state index contributed by atoms with van der Waals surface area (Å²) in [7, 11) is 0. The molecule has 0 saturated heterocycles. The summed E-state index contributed by atoms with van der Waals surface area (Å²) in [6, 6.07) is 3.67. The first-order chi connectivity index (χ1) is 10.4. The zero-order valence-corrected chi connectivity index (χ0v) is 11.9. The maximum atomic E-state index is 12.5. The maximum Gasteiger partial charge on any atom is 0.416 e. The quantitative estimate of drug-likeness (QED) is 0.606. The van der Waals surface area contributed by atoms with Gasteiger partial charge in [0, 0.05) is 4.88 Å². The fourth-order valence-electron chi connectivity index (χ4n) is 2.11. The molecule has 0 spiro atoms. The summed E-state index contributed by atoms with van der Waals surface area (Å²) in [6.07, 6.45) is 0.781. The molecule has 3 nitrogen and oxygen atoms in total. The Labute approximate surface area is 128 Å². The van der Waals surface area contributed by atoms with E-state index in [0.29, 0.717) is 0 Å². The minimum atomic E-state index is -4.36. The first kappa shape index (κ1) is 14.8. The Bertz CT molecular complexity index is 712. The number of esters is 1. The van der Waals surface area contributed by atoms with Gasteiger partial charge in [-0.3, -0.25) is 0 Å². The van der Waals surface area contributed by atoms with E-state index in [1.165, 1.54) is 17.4 Å². The van der Waals surface area contributed by atoms with Crippen molar-refractivity contribution in [2.24, 2.45) is 10.9 Å². The number of aliphatic imine (C=N–C) groups is 1. The lowest BCUT2D eigenvalue weighted by atomic mass is 9.96. The molecule has 0 bridgehead atoms. The number of halogens is 3. The molecule has 3 rings (SSSR count). The van der Waals surface area contributed by atoms with E-state index in [0.717, 1.165) is 17.0 Å². The molecule has 7 heteroatoms. The second kappa shape index (κ2) is 5.57. The van der Waals surface area contributed by atoms with Gasteiger partial charge >= 0.3 is 12.1 Å². The van der Waals surface area contributed by atoms with Crippen LogP contribution in [0.5, 0.6) is 0 Å². The summed E-state index contributed by atoms with van der Waals surface area (Å²) < 4.78 is 42.7. The molecule has 2 heterocycles. The van der Waals surface area contributed by atoms with E-state index in [1.807, 2.05) is 17.5 Å².